The summed E-state index contributed by atoms with van der Waals surface area (Å²) in [5.41, 5.74) is 1.68. The molecule has 3 rings (SSSR count). The topological polar surface area (TPSA) is 46.3 Å². The predicted molar refractivity (Wildman–Crippen MR) is 74.8 cm³/mol. The zero-order valence-corrected chi connectivity index (χ0v) is 11.4. The van der Waals surface area contributed by atoms with Crippen LogP contribution >= 0.6 is 0 Å². The lowest BCUT2D eigenvalue weighted by molar-refractivity contribution is 0.0711. The highest BCUT2D eigenvalue weighted by molar-refractivity contribution is 5.72. The number of hydrogen-bond acceptors (Lipinski definition) is 3. The van der Waals surface area contributed by atoms with E-state index in [0.29, 0.717) is 18.2 Å². The molecule has 1 aromatic carbocycles. The van der Waals surface area contributed by atoms with Gasteiger partial charge < -0.3 is 9.52 Å². The number of aromatic nitrogens is 1. The molecule has 0 amide bonds. The summed E-state index contributed by atoms with van der Waals surface area (Å²) in [6.45, 7) is 2.30. The van der Waals surface area contributed by atoms with Crippen molar-refractivity contribution in [1.82, 2.24) is 4.98 Å². The smallest absolute Gasteiger partial charge is 0.198 e. The van der Waals surface area contributed by atoms with Gasteiger partial charge in [-0.05, 0) is 36.8 Å². The van der Waals surface area contributed by atoms with Crippen LogP contribution in [0.2, 0.25) is 0 Å². The monoisotopic (exact) mass is 259 g/mol. The molecule has 3 heteroatoms. The van der Waals surface area contributed by atoms with Crippen molar-refractivity contribution in [2.24, 2.45) is 11.8 Å². The number of fused-ring (bicyclic) bond motifs is 1. The van der Waals surface area contributed by atoms with Crippen molar-refractivity contribution in [3.05, 3.63) is 30.2 Å². The molecule has 102 valence electrons. The first-order valence-corrected chi connectivity index (χ1v) is 7.25. The van der Waals surface area contributed by atoms with Gasteiger partial charge >= 0.3 is 0 Å². The van der Waals surface area contributed by atoms with Gasteiger partial charge in [0.15, 0.2) is 11.5 Å². The number of oxazole rings is 1. The molecule has 0 saturated heterocycles. The summed E-state index contributed by atoms with van der Waals surface area (Å²) in [5.74, 6) is 1.88. The van der Waals surface area contributed by atoms with Crippen LogP contribution in [0.15, 0.2) is 28.7 Å². The van der Waals surface area contributed by atoms with Crippen LogP contribution in [0.25, 0.3) is 11.1 Å². The van der Waals surface area contributed by atoms with Crippen LogP contribution in [0, 0.1) is 11.8 Å². The lowest BCUT2D eigenvalue weighted by Crippen LogP contribution is -2.27. The Kier molecular flexibility index (Phi) is 3.56. The normalized spacial score (nSPS) is 25.6. The standard InChI is InChI=1S/C16H21NO2/c1-11-6-8-12(9-7-11)14(18)10-16-17-13-4-2-3-5-15(13)19-16/h2-5,11-12,14,18H,6-10H2,1H3. The Labute approximate surface area is 113 Å². The highest BCUT2D eigenvalue weighted by atomic mass is 16.4. The van der Waals surface area contributed by atoms with E-state index in [1.807, 2.05) is 24.3 Å². The summed E-state index contributed by atoms with van der Waals surface area (Å²) in [7, 11) is 0. The number of rotatable bonds is 3. The summed E-state index contributed by atoms with van der Waals surface area (Å²) >= 11 is 0. The van der Waals surface area contributed by atoms with E-state index in [2.05, 4.69) is 11.9 Å². The molecular formula is C16H21NO2. The van der Waals surface area contributed by atoms with E-state index in [-0.39, 0.29) is 6.10 Å². The van der Waals surface area contributed by atoms with Gasteiger partial charge in [-0.2, -0.15) is 0 Å². The van der Waals surface area contributed by atoms with Gasteiger partial charge in [-0.1, -0.05) is 31.9 Å². The third-order valence-corrected chi connectivity index (χ3v) is 4.33. The maximum absolute atomic E-state index is 10.3. The van der Waals surface area contributed by atoms with Crippen molar-refractivity contribution in [2.75, 3.05) is 0 Å². The summed E-state index contributed by atoms with van der Waals surface area (Å²) in [6, 6.07) is 7.75. The first-order valence-electron chi connectivity index (χ1n) is 7.25. The number of aliphatic hydroxyl groups excluding tert-OH is 1. The first-order chi connectivity index (χ1) is 9.22. The van der Waals surface area contributed by atoms with Crippen LogP contribution in [-0.2, 0) is 6.42 Å². The molecule has 0 bridgehead atoms. The molecule has 0 radical (unpaired) electrons. The molecule has 1 N–H and O–H groups in total. The molecule has 3 nitrogen and oxygen atoms in total. The second kappa shape index (κ2) is 5.33. The first kappa shape index (κ1) is 12.7. The van der Waals surface area contributed by atoms with Crippen LogP contribution in [0.5, 0.6) is 0 Å². The zero-order chi connectivity index (χ0) is 13.2. The second-order valence-corrected chi connectivity index (χ2v) is 5.87. The molecule has 19 heavy (non-hydrogen) atoms. The highest BCUT2D eigenvalue weighted by Crippen LogP contribution is 2.31. The number of benzene rings is 1. The fourth-order valence-electron chi connectivity index (χ4n) is 3.02. The molecule has 1 atom stereocenters. The Morgan fingerprint density at radius 3 is 2.74 bits per heavy atom. The van der Waals surface area contributed by atoms with E-state index in [0.717, 1.165) is 29.9 Å². The number of nitrogens with zero attached hydrogens (tertiary/aromatic N) is 1. The number of aliphatic hydroxyl groups is 1. The largest absolute Gasteiger partial charge is 0.441 e. The third kappa shape index (κ3) is 2.81. The summed E-state index contributed by atoms with van der Waals surface area (Å²) in [4.78, 5) is 4.44. The van der Waals surface area contributed by atoms with Crippen LogP contribution in [0.3, 0.4) is 0 Å². The minimum Gasteiger partial charge on any atom is -0.441 e. The van der Waals surface area contributed by atoms with Gasteiger partial charge in [-0.25, -0.2) is 4.98 Å². The molecule has 0 spiro atoms. The summed E-state index contributed by atoms with van der Waals surface area (Å²) in [6.07, 6.45) is 4.93. The minimum atomic E-state index is -0.319. The molecule has 1 aliphatic rings. The van der Waals surface area contributed by atoms with Crippen molar-refractivity contribution >= 4 is 11.1 Å². The highest BCUT2D eigenvalue weighted by Gasteiger charge is 2.26. The average Bonchev–Trinajstić information content (AvgIpc) is 2.81. The van der Waals surface area contributed by atoms with Crippen molar-refractivity contribution in [3.63, 3.8) is 0 Å². The van der Waals surface area contributed by atoms with Crippen molar-refractivity contribution in [2.45, 2.75) is 45.1 Å². The van der Waals surface area contributed by atoms with E-state index < -0.39 is 0 Å². The van der Waals surface area contributed by atoms with Gasteiger partial charge in [0.05, 0.1) is 12.5 Å². The van der Waals surface area contributed by atoms with Crippen LogP contribution in [-0.4, -0.2) is 16.2 Å². The fraction of sp³-hybridized carbons (Fsp3) is 0.562. The maximum Gasteiger partial charge on any atom is 0.198 e. The SMILES string of the molecule is CC1CCC(C(O)Cc2nc3ccccc3o2)CC1. The van der Waals surface area contributed by atoms with Crippen molar-refractivity contribution < 1.29 is 9.52 Å². The van der Waals surface area contributed by atoms with Gasteiger partial charge in [0.1, 0.15) is 5.52 Å². The van der Waals surface area contributed by atoms with E-state index in [4.69, 9.17) is 4.42 Å². The Hall–Kier alpha value is -1.35. The Morgan fingerprint density at radius 2 is 2.00 bits per heavy atom. The van der Waals surface area contributed by atoms with E-state index in [1.54, 1.807) is 0 Å². The third-order valence-electron chi connectivity index (χ3n) is 4.33. The van der Waals surface area contributed by atoms with Crippen LogP contribution in [0.1, 0.15) is 38.5 Å². The second-order valence-electron chi connectivity index (χ2n) is 5.87. The van der Waals surface area contributed by atoms with Gasteiger partial charge in [-0.3, -0.25) is 0 Å². The van der Waals surface area contributed by atoms with Gasteiger partial charge in [0, 0.05) is 0 Å². The molecule has 2 aromatic rings. The average molecular weight is 259 g/mol. The lowest BCUT2D eigenvalue weighted by atomic mass is 9.79. The molecule has 1 aliphatic carbocycles. The van der Waals surface area contributed by atoms with Crippen LogP contribution in [0.4, 0.5) is 0 Å². The van der Waals surface area contributed by atoms with Crippen molar-refractivity contribution in [3.8, 4) is 0 Å². The Balaban J connectivity index is 1.67. The molecule has 1 unspecified atom stereocenters. The van der Waals surface area contributed by atoms with E-state index >= 15 is 0 Å². The quantitative estimate of drug-likeness (QED) is 0.916. The van der Waals surface area contributed by atoms with E-state index in [9.17, 15) is 5.11 Å². The molecular weight excluding hydrogens is 238 g/mol. The van der Waals surface area contributed by atoms with E-state index in [1.165, 1.54) is 12.8 Å². The minimum absolute atomic E-state index is 0.319. The van der Waals surface area contributed by atoms with Crippen molar-refractivity contribution in [1.29, 1.82) is 0 Å². The van der Waals surface area contributed by atoms with Crippen LogP contribution < -0.4 is 0 Å². The molecule has 1 aromatic heterocycles. The zero-order valence-electron chi connectivity index (χ0n) is 11.4. The van der Waals surface area contributed by atoms with Gasteiger partial charge in [0.25, 0.3) is 0 Å². The predicted octanol–water partition coefficient (Wildman–Crippen LogP) is 3.56. The molecule has 1 saturated carbocycles. The Morgan fingerprint density at radius 1 is 1.26 bits per heavy atom. The number of para-hydroxylation sites is 2. The molecule has 0 aliphatic heterocycles. The maximum atomic E-state index is 10.3. The molecule has 1 heterocycles. The summed E-state index contributed by atoms with van der Waals surface area (Å²) in [5, 5.41) is 10.3. The molecule has 1 fully saturated rings. The number of hydrogen-bond donors (Lipinski definition) is 1. The summed E-state index contributed by atoms with van der Waals surface area (Å²) < 4.78 is 5.68. The Bertz CT molecular complexity index is 507. The fourth-order valence-corrected chi connectivity index (χ4v) is 3.02. The lowest BCUT2D eigenvalue weighted by Gasteiger charge is -2.29. The van der Waals surface area contributed by atoms with Gasteiger partial charge in [-0.15, -0.1) is 0 Å². The van der Waals surface area contributed by atoms with Gasteiger partial charge in [0.2, 0.25) is 0 Å².